The average Bonchev–Trinajstić information content (AvgIpc) is 3.00. The lowest BCUT2D eigenvalue weighted by atomic mass is 10.1. The van der Waals surface area contributed by atoms with E-state index in [1.165, 1.54) is 18.4 Å². The van der Waals surface area contributed by atoms with Crippen LogP contribution in [0.4, 0.5) is 10.5 Å². The summed E-state index contributed by atoms with van der Waals surface area (Å²) in [6.07, 6.45) is 6.37. The Morgan fingerprint density at radius 3 is 2.57 bits per heavy atom. The minimum absolute atomic E-state index is 0.213. The molecule has 0 radical (unpaired) electrons. The van der Waals surface area contributed by atoms with Crippen LogP contribution in [0.1, 0.15) is 25.7 Å². The van der Waals surface area contributed by atoms with E-state index >= 15 is 0 Å². The van der Waals surface area contributed by atoms with Crippen LogP contribution in [0.15, 0.2) is 48.2 Å². The topological polar surface area (TPSA) is 61.4 Å². The molecule has 0 spiro atoms. The second-order valence-corrected chi connectivity index (χ2v) is 5.29. The lowest BCUT2D eigenvalue weighted by Gasteiger charge is -2.09. The second-order valence-electron chi connectivity index (χ2n) is 5.29. The fourth-order valence-corrected chi connectivity index (χ4v) is 2.70. The van der Waals surface area contributed by atoms with E-state index in [1.807, 2.05) is 30.5 Å². The molecule has 3 rings (SSSR count). The average molecular weight is 282 g/mol. The van der Waals surface area contributed by atoms with Crippen LogP contribution in [-0.4, -0.2) is 11.1 Å². The molecule has 0 bridgehead atoms. The quantitative estimate of drug-likeness (QED) is 0.775. The van der Waals surface area contributed by atoms with Crippen molar-refractivity contribution in [3.8, 4) is 5.75 Å². The van der Waals surface area contributed by atoms with Gasteiger partial charge in [-0.1, -0.05) is 29.8 Å². The number of carbonyl (C=O) groups excluding carboxylic acids is 1. The number of fused-ring (bicyclic) bond motifs is 1. The molecule has 1 fully saturated rings. The molecule has 1 saturated carbocycles. The highest BCUT2D eigenvalue weighted by atomic mass is 16.3. The van der Waals surface area contributed by atoms with Gasteiger partial charge in [0.1, 0.15) is 5.75 Å². The maximum Gasteiger partial charge on any atom is 0.323 e. The Kier molecular flexibility index (Phi) is 3.77. The van der Waals surface area contributed by atoms with Crippen molar-refractivity contribution in [3.63, 3.8) is 0 Å². The summed E-state index contributed by atoms with van der Waals surface area (Å²) < 4.78 is 0. The number of allylic oxidation sites excluding steroid dienone is 1. The van der Waals surface area contributed by atoms with Gasteiger partial charge in [-0.25, -0.2) is 4.79 Å². The van der Waals surface area contributed by atoms with E-state index < -0.39 is 0 Å². The number of nitrogens with one attached hydrogen (secondary N) is 2. The molecular weight excluding hydrogens is 264 g/mol. The van der Waals surface area contributed by atoms with E-state index in [9.17, 15) is 9.90 Å². The van der Waals surface area contributed by atoms with Crippen molar-refractivity contribution in [1.82, 2.24) is 5.32 Å². The zero-order valence-corrected chi connectivity index (χ0v) is 11.7. The highest BCUT2D eigenvalue weighted by Crippen LogP contribution is 2.29. The summed E-state index contributed by atoms with van der Waals surface area (Å²) in [6.45, 7) is 0. The first kappa shape index (κ1) is 13.5. The summed E-state index contributed by atoms with van der Waals surface area (Å²) in [4.78, 5) is 12.0. The largest absolute Gasteiger partial charge is 0.507 e. The molecule has 0 saturated heterocycles. The van der Waals surface area contributed by atoms with Crippen molar-refractivity contribution in [3.05, 3.63) is 48.2 Å². The van der Waals surface area contributed by atoms with Gasteiger partial charge >= 0.3 is 6.03 Å². The van der Waals surface area contributed by atoms with Crippen LogP contribution >= 0.6 is 0 Å². The Balaban J connectivity index is 1.77. The number of rotatable bonds is 2. The van der Waals surface area contributed by atoms with Crippen molar-refractivity contribution < 1.29 is 9.90 Å². The third kappa shape index (κ3) is 2.99. The summed E-state index contributed by atoms with van der Waals surface area (Å²) in [5, 5.41) is 17.0. The maximum absolute atomic E-state index is 12.0. The molecule has 4 nitrogen and oxygen atoms in total. The number of phenols is 1. The van der Waals surface area contributed by atoms with Gasteiger partial charge in [-0.2, -0.15) is 0 Å². The van der Waals surface area contributed by atoms with Gasteiger partial charge in [-0.3, -0.25) is 0 Å². The lowest BCUT2D eigenvalue weighted by Crippen LogP contribution is -2.24. The number of hydrogen-bond acceptors (Lipinski definition) is 2. The van der Waals surface area contributed by atoms with Gasteiger partial charge in [-0.05, 0) is 37.8 Å². The fourth-order valence-electron chi connectivity index (χ4n) is 2.70. The van der Waals surface area contributed by atoms with Gasteiger partial charge in [0.15, 0.2) is 0 Å². The zero-order chi connectivity index (χ0) is 14.7. The number of urea groups is 1. The van der Waals surface area contributed by atoms with Gasteiger partial charge in [0.25, 0.3) is 0 Å². The van der Waals surface area contributed by atoms with Crippen molar-refractivity contribution in [2.24, 2.45) is 0 Å². The Bertz CT molecular complexity index is 699. The monoisotopic (exact) mass is 282 g/mol. The number of aromatic hydroxyl groups is 1. The predicted octanol–water partition coefficient (Wildman–Crippen LogP) is 4.12. The molecule has 108 valence electrons. The van der Waals surface area contributed by atoms with Crippen LogP contribution in [0.2, 0.25) is 0 Å². The maximum atomic E-state index is 12.0. The lowest BCUT2D eigenvalue weighted by molar-refractivity contribution is 0.255. The van der Waals surface area contributed by atoms with Gasteiger partial charge in [-0.15, -0.1) is 0 Å². The zero-order valence-electron chi connectivity index (χ0n) is 11.7. The molecule has 21 heavy (non-hydrogen) atoms. The van der Waals surface area contributed by atoms with E-state index in [0.29, 0.717) is 5.69 Å². The molecule has 3 N–H and O–H groups in total. The van der Waals surface area contributed by atoms with Crippen LogP contribution in [0.25, 0.3) is 10.8 Å². The van der Waals surface area contributed by atoms with Crippen molar-refractivity contribution in [2.45, 2.75) is 25.7 Å². The molecule has 1 aliphatic carbocycles. The summed E-state index contributed by atoms with van der Waals surface area (Å²) in [6, 6.07) is 10.5. The minimum Gasteiger partial charge on any atom is -0.507 e. The van der Waals surface area contributed by atoms with E-state index in [0.717, 1.165) is 23.6 Å². The number of phenolic OH excluding ortho intramolecular Hbond substituents is 1. The normalized spacial score (nSPS) is 14.2. The Morgan fingerprint density at radius 1 is 1.05 bits per heavy atom. The number of carbonyl (C=O) groups is 1. The van der Waals surface area contributed by atoms with E-state index in [2.05, 4.69) is 10.6 Å². The Hall–Kier alpha value is -2.49. The molecule has 2 amide bonds. The van der Waals surface area contributed by atoms with Gasteiger partial charge in [0.2, 0.25) is 0 Å². The van der Waals surface area contributed by atoms with E-state index in [-0.39, 0.29) is 11.8 Å². The van der Waals surface area contributed by atoms with Crippen molar-refractivity contribution in [2.75, 3.05) is 5.32 Å². The third-order valence-electron chi connectivity index (χ3n) is 3.80. The second kappa shape index (κ2) is 5.87. The predicted molar refractivity (Wildman–Crippen MR) is 84.3 cm³/mol. The first-order valence-corrected chi connectivity index (χ1v) is 7.20. The summed E-state index contributed by atoms with van der Waals surface area (Å²) in [5.41, 5.74) is 1.98. The molecule has 0 heterocycles. The highest BCUT2D eigenvalue weighted by molar-refractivity contribution is 6.03. The number of hydrogen-bond donors (Lipinski definition) is 3. The molecule has 1 aliphatic rings. The number of benzene rings is 2. The number of anilines is 1. The minimum atomic E-state index is -0.259. The summed E-state index contributed by atoms with van der Waals surface area (Å²) in [5.74, 6) is 0.213. The molecule has 0 atom stereocenters. The van der Waals surface area contributed by atoms with E-state index in [1.54, 1.807) is 12.1 Å². The van der Waals surface area contributed by atoms with E-state index in [4.69, 9.17) is 0 Å². The molecule has 2 aromatic carbocycles. The Labute approximate surface area is 123 Å². The molecule has 0 aliphatic heterocycles. The van der Waals surface area contributed by atoms with Gasteiger partial charge in [0.05, 0.1) is 5.69 Å². The van der Waals surface area contributed by atoms with Crippen LogP contribution in [0.3, 0.4) is 0 Å². The van der Waals surface area contributed by atoms with Crippen LogP contribution in [0.5, 0.6) is 5.75 Å². The highest BCUT2D eigenvalue weighted by Gasteiger charge is 2.09. The fraction of sp³-hybridized carbons (Fsp3) is 0.235. The standard InChI is InChI=1S/C17H18N2O2/c20-16-10-4-7-13-14(16)8-3-9-15(13)19-17(21)18-11-12-5-1-2-6-12/h3-4,7-11,20H,1-2,5-6H2,(H2,18,19,21). The third-order valence-corrected chi connectivity index (χ3v) is 3.80. The molecule has 4 heteroatoms. The molecule has 2 aromatic rings. The number of amides is 2. The molecule has 0 aromatic heterocycles. The van der Waals surface area contributed by atoms with Crippen LogP contribution in [0, 0.1) is 0 Å². The molecular formula is C17H18N2O2. The summed E-state index contributed by atoms with van der Waals surface area (Å²) >= 11 is 0. The van der Waals surface area contributed by atoms with Crippen LogP contribution in [-0.2, 0) is 0 Å². The van der Waals surface area contributed by atoms with Gasteiger partial charge in [0, 0.05) is 17.0 Å². The Morgan fingerprint density at radius 2 is 1.76 bits per heavy atom. The van der Waals surface area contributed by atoms with Gasteiger partial charge < -0.3 is 15.7 Å². The SMILES string of the molecule is O=C(NC=C1CCCC1)Nc1cccc2c(O)cccc12. The first-order valence-electron chi connectivity index (χ1n) is 7.20. The molecule has 0 unspecified atom stereocenters. The van der Waals surface area contributed by atoms with Crippen molar-refractivity contribution >= 4 is 22.5 Å². The summed E-state index contributed by atoms with van der Waals surface area (Å²) in [7, 11) is 0. The van der Waals surface area contributed by atoms with Crippen molar-refractivity contribution in [1.29, 1.82) is 0 Å². The smallest absolute Gasteiger partial charge is 0.323 e. The van der Waals surface area contributed by atoms with Crippen LogP contribution < -0.4 is 10.6 Å². The first-order chi connectivity index (χ1) is 10.2.